The number of rotatable bonds is 5. The average molecular weight is 146 g/mol. The van der Waals surface area contributed by atoms with E-state index in [9.17, 15) is 0 Å². The van der Waals surface area contributed by atoms with Gasteiger partial charge in [0.2, 0.25) is 0 Å². The van der Waals surface area contributed by atoms with Crippen molar-refractivity contribution >= 4 is 0 Å². The van der Waals surface area contributed by atoms with Gasteiger partial charge in [0.05, 0.1) is 0 Å². The Labute approximate surface area is 63.2 Å². The number of hydrogen-bond donors (Lipinski definition) is 1. The van der Waals surface area contributed by atoms with Gasteiger partial charge in [0.15, 0.2) is 0 Å². The van der Waals surface area contributed by atoms with E-state index in [0.29, 0.717) is 0 Å². The van der Waals surface area contributed by atoms with E-state index in [-0.39, 0.29) is 12.0 Å². The second-order valence-corrected chi connectivity index (χ2v) is 3.38. The molecule has 0 aliphatic heterocycles. The van der Waals surface area contributed by atoms with E-state index in [4.69, 9.17) is 9.84 Å². The quantitative estimate of drug-likeness (QED) is 0.635. The van der Waals surface area contributed by atoms with Gasteiger partial charge in [-0.15, -0.1) is 0 Å². The minimum Gasteiger partial charge on any atom is -0.396 e. The Morgan fingerprint density at radius 1 is 1.30 bits per heavy atom. The van der Waals surface area contributed by atoms with Gasteiger partial charge < -0.3 is 9.84 Å². The zero-order valence-electron chi connectivity index (χ0n) is 7.18. The van der Waals surface area contributed by atoms with Gasteiger partial charge in [0.1, 0.15) is 0 Å². The fraction of sp³-hybridized carbons (Fsp3) is 1.00. The van der Waals surface area contributed by atoms with Gasteiger partial charge in [-0.2, -0.15) is 0 Å². The zero-order valence-corrected chi connectivity index (χ0v) is 7.18. The number of hydrogen-bond acceptors (Lipinski definition) is 2. The summed E-state index contributed by atoms with van der Waals surface area (Å²) in [5.74, 6) is 0. The molecule has 0 rings (SSSR count). The lowest BCUT2D eigenvalue weighted by Crippen LogP contribution is -2.15. The molecule has 0 bridgehead atoms. The highest BCUT2D eigenvalue weighted by Gasteiger charge is 2.15. The lowest BCUT2D eigenvalue weighted by molar-refractivity contribution is 0.131. The fourth-order valence-corrected chi connectivity index (χ4v) is 0.806. The van der Waals surface area contributed by atoms with Crippen LogP contribution in [0.5, 0.6) is 0 Å². The first-order valence-corrected chi connectivity index (χ1v) is 3.72. The van der Waals surface area contributed by atoms with Crippen LogP contribution < -0.4 is 0 Å². The molecule has 0 atom stereocenters. The van der Waals surface area contributed by atoms with E-state index in [2.05, 4.69) is 13.8 Å². The third kappa shape index (κ3) is 4.77. The van der Waals surface area contributed by atoms with Crippen LogP contribution in [0.1, 0.15) is 26.7 Å². The highest BCUT2D eigenvalue weighted by Crippen LogP contribution is 2.23. The summed E-state index contributed by atoms with van der Waals surface area (Å²) in [6.45, 7) is 5.34. The molecule has 0 aromatic rings. The Morgan fingerprint density at radius 2 is 1.90 bits per heavy atom. The molecule has 0 aromatic carbocycles. The lowest BCUT2D eigenvalue weighted by atomic mass is 9.86. The molecule has 10 heavy (non-hydrogen) atoms. The standard InChI is InChI=1S/C8H18O2/c1-8(2,4-6-9)5-7-10-3/h9H,4-7H2,1-3H3. The van der Waals surface area contributed by atoms with Crippen LogP contribution in [0.2, 0.25) is 0 Å². The van der Waals surface area contributed by atoms with Crippen molar-refractivity contribution in [3.8, 4) is 0 Å². The first kappa shape index (κ1) is 9.92. The number of ether oxygens (including phenoxy) is 1. The largest absolute Gasteiger partial charge is 0.396 e. The maximum atomic E-state index is 8.66. The summed E-state index contributed by atoms with van der Waals surface area (Å²) in [5.41, 5.74) is 0.227. The van der Waals surface area contributed by atoms with Crippen molar-refractivity contribution in [1.29, 1.82) is 0 Å². The van der Waals surface area contributed by atoms with Crippen molar-refractivity contribution < 1.29 is 9.84 Å². The Bertz CT molecular complexity index is 79.3. The van der Waals surface area contributed by atoms with Gasteiger partial charge in [-0.05, 0) is 18.3 Å². The molecule has 2 nitrogen and oxygen atoms in total. The molecule has 0 unspecified atom stereocenters. The zero-order chi connectivity index (χ0) is 8.04. The second kappa shape index (κ2) is 4.69. The summed E-state index contributed by atoms with van der Waals surface area (Å²) in [6.07, 6.45) is 1.88. The van der Waals surface area contributed by atoms with Crippen molar-refractivity contribution in [3.05, 3.63) is 0 Å². The van der Waals surface area contributed by atoms with Crippen LogP contribution >= 0.6 is 0 Å². The summed E-state index contributed by atoms with van der Waals surface area (Å²) in [6, 6.07) is 0. The molecule has 0 saturated heterocycles. The Kier molecular flexibility index (Phi) is 4.65. The number of aliphatic hydroxyl groups excluding tert-OH is 1. The Balaban J connectivity index is 3.42. The summed E-state index contributed by atoms with van der Waals surface area (Å²) in [4.78, 5) is 0. The van der Waals surface area contributed by atoms with E-state index in [1.807, 2.05) is 0 Å². The topological polar surface area (TPSA) is 29.5 Å². The first-order valence-electron chi connectivity index (χ1n) is 3.72. The molecule has 0 heterocycles. The normalized spacial score (nSPS) is 12.0. The maximum Gasteiger partial charge on any atom is 0.0467 e. The molecule has 2 heteroatoms. The maximum absolute atomic E-state index is 8.66. The minimum atomic E-state index is 0.227. The molecule has 0 radical (unpaired) electrons. The minimum absolute atomic E-state index is 0.227. The van der Waals surface area contributed by atoms with Gasteiger partial charge in [-0.1, -0.05) is 13.8 Å². The molecule has 1 N–H and O–H groups in total. The van der Waals surface area contributed by atoms with Gasteiger partial charge in [0, 0.05) is 20.3 Å². The van der Waals surface area contributed by atoms with Crippen molar-refractivity contribution in [1.82, 2.24) is 0 Å². The monoisotopic (exact) mass is 146 g/mol. The Hall–Kier alpha value is -0.0800. The Morgan fingerprint density at radius 3 is 2.30 bits per heavy atom. The predicted molar refractivity (Wildman–Crippen MR) is 42.0 cm³/mol. The van der Waals surface area contributed by atoms with Gasteiger partial charge in [0.25, 0.3) is 0 Å². The van der Waals surface area contributed by atoms with E-state index in [1.165, 1.54) is 0 Å². The second-order valence-electron chi connectivity index (χ2n) is 3.38. The van der Waals surface area contributed by atoms with E-state index in [0.717, 1.165) is 19.4 Å². The summed E-state index contributed by atoms with van der Waals surface area (Å²) in [7, 11) is 1.70. The van der Waals surface area contributed by atoms with Crippen LogP contribution in [-0.4, -0.2) is 25.4 Å². The fourth-order valence-electron chi connectivity index (χ4n) is 0.806. The first-order chi connectivity index (χ1) is 4.62. The van der Waals surface area contributed by atoms with Crippen LogP contribution in [0.15, 0.2) is 0 Å². The molecular weight excluding hydrogens is 128 g/mol. The predicted octanol–water partition coefficient (Wildman–Crippen LogP) is 1.43. The molecule has 0 amide bonds. The third-order valence-electron chi connectivity index (χ3n) is 1.77. The molecular formula is C8H18O2. The van der Waals surface area contributed by atoms with Gasteiger partial charge >= 0.3 is 0 Å². The lowest BCUT2D eigenvalue weighted by Gasteiger charge is -2.22. The molecule has 0 fully saturated rings. The van der Waals surface area contributed by atoms with Crippen molar-refractivity contribution in [3.63, 3.8) is 0 Å². The number of methoxy groups -OCH3 is 1. The number of aliphatic hydroxyl groups is 1. The highest BCUT2D eigenvalue weighted by atomic mass is 16.5. The molecule has 0 spiro atoms. The van der Waals surface area contributed by atoms with Gasteiger partial charge in [-0.25, -0.2) is 0 Å². The van der Waals surface area contributed by atoms with Crippen LogP contribution in [0.3, 0.4) is 0 Å². The molecule has 0 aliphatic carbocycles. The van der Waals surface area contributed by atoms with Crippen molar-refractivity contribution in [2.24, 2.45) is 5.41 Å². The van der Waals surface area contributed by atoms with E-state index >= 15 is 0 Å². The van der Waals surface area contributed by atoms with Crippen LogP contribution in [0.4, 0.5) is 0 Å². The van der Waals surface area contributed by atoms with Crippen LogP contribution in [-0.2, 0) is 4.74 Å². The summed E-state index contributed by atoms with van der Waals surface area (Å²) >= 11 is 0. The molecule has 62 valence electrons. The van der Waals surface area contributed by atoms with Crippen LogP contribution in [0.25, 0.3) is 0 Å². The highest BCUT2D eigenvalue weighted by molar-refractivity contribution is 4.66. The molecule has 0 aliphatic rings. The summed E-state index contributed by atoms with van der Waals surface area (Å²) < 4.78 is 4.94. The molecule has 0 aromatic heterocycles. The molecule has 0 saturated carbocycles. The van der Waals surface area contributed by atoms with Crippen LogP contribution in [0, 0.1) is 5.41 Å². The smallest absolute Gasteiger partial charge is 0.0467 e. The van der Waals surface area contributed by atoms with Gasteiger partial charge in [-0.3, -0.25) is 0 Å². The van der Waals surface area contributed by atoms with E-state index in [1.54, 1.807) is 7.11 Å². The van der Waals surface area contributed by atoms with E-state index < -0.39 is 0 Å². The van der Waals surface area contributed by atoms with Crippen molar-refractivity contribution in [2.75, 3.05) is 20.3 Å². The SMILES string of the molecule is COCCC(C)(C)CCO. The third-order valence-corrected chi connectivity index (χ3v) is 1.77. The van der Waals surface area contributed by atoms with Crippen molar-refractivity contribution in [2.45, 2.75) is 26.7 Å². The summed E-state index contributed by atoms with van der Waals surface area (Å²) in [5, 5.41) is 8.66. The average Bonchev–Trinajstić information content (AvgIpc) is 1.84.